The molecule has 0 aliphatic carbocycles. The first-order valence-electron chi connectivity index (χ1n) is 6.72. The maximum Gasteiger partial charge on any atom is 0.421 e. The highest BCUT2D eigenvalue weighted by molar-refractivity contribution is 7.89. The van der Waals surface area contributed by atoms with Gasteiger partial charge in [-0.1, -0.05) is 0 Å². The third-order valence-corrected chi connectivity index (χ3v) is 4.12. The van der Waals surface area contributed by atoms with Gasteiger partial charge < -0.3 is 9.73 Å². The molecule has 3 aromatic rings. The molecule has 2 aromatic heterocycles. The number of nitrogens with zero attached hydrogens (tertiary/aromatic N) is 2. The highest BCUT2D eigenvalue weighted by atomic mass is 32.2. The quantitative estimate of drug-likeness (QED) is 0.694. The number of rotatable bonds is 4. The minimum absolute atomic E-state index is 0.0678. The standard InChI is InChI=1S/C14H12N4O5S/c15-24(21,22)10-5-3-9(4-6-10)17-12(19)8-18-13-11(23-14(18)20)2-1-7-16-13/h1-7H,8H2,(H,17,19)(H2,15,21,22). The molecule has 0 aliphatic heterocycles. The molecule has 0 saturated carbocycles. The average Bonchev–Trinajstić information content (AvgIpc) is 2.83. The Morgan fingerprint density at radius 3 is 2.62 bits per heavy atom. The lowest BCUT2D eigenvalue weighted by Gasteiger charge is -2.06. The van der Waals surface area contributed by atoms with Gasteiger partial charge in [-0.05, 0) is 36.4 Å². The van der Waals surface area contributed by atoms with E-state index >= 15 is 0 Å². The van der Waals surface area contributed by atoms with Gasteiger partial charge in [0.25, 0.3) is 0 Å². The summed E-state index contributed by atoms with van der Waals surface area (Å²) in [6.07, 6.45) is 1.48. The van der Waals surface area contributed by atoms with E-state index in [1.54, 1.807) is 12.1 Å². The topological polar surface area (TPSA) is 137 Å². The second kappa shape index (κ2) is 5.91. The number of carbonyl (C=O) groups excluding carboxylic acids is 1. The summed E-state index contributed by atoms with van der Waals surface area (Å²) in [6, 6.07) is 8.52. The monoisotopic (exact) mass is 348 g/mol. The molecule has 1 amide bonds. The summed E-state index contributed by atoms with van der Waals surface area (Å²) < 4.78 is 28.4. The van der Waals surface area contributed by atoms with Crippen molar-refractivity contribution in [2.24, 2.45) is 5.14 Å². The van der Waals surface area contributed by atoms with E-state index in [1.807, 2.05) is 0 Å². The fourth-order valence-electron chi connectivity index (χ4n) is 2.11. The van der Waals surface area contributed by atoms with Crippen LogP contribution in [0.15, 0.2) is 56.7 Å². The molecule has 0 bridgehead atoms. The molecule has 0 spiro atoms. The molecule has 1 aromatic carbocycles. The molecule has 0 fully saturated rings. The van der Waals surface area contributed by atoms with Gasteiger partial charge in [0.15, 0.2) is 11.2 Å². The van der Waals surface area contributed by atoms with Crippen LogP contribution >= 0.6 is 0 Å². The lowest BCUT2D eigenvalue weighted by Crippen LogP contribution is -2.25. The van der Waals surface area contributed by atoms with Crippen molar-refractivity contribution < 1.29 is 17.6 Å². The van der Waals surface area contributed by atoms with Crippen molar-refractivity contribution in [1.82, 2.24) is 9.55 Å². The Morgan fingerprint density at radius 2 is 1.96 bits per heavy atom. The summed E-state index contributed by atoms with van der Waals surface area (Å²) in [4.78, 5) is 27.8. The number of primary sulfonamides is 1. The number of hydrogen-bond acceptors (Lipinski definition) is 6. The fourth-order valence-corrected chi connectivity index (χ4v) is 2.63. The summed E-state index contributed by atoms with van der Waals surface area (Å²) in [5.41, 5.74) is 0.913. The van der Waals surface area contributed by atoms with Crippen molar-refractivity contribution in [2.75, 3.05) is 5.32 Å². The van der Waals surface area contributed by atoms with Crippen LogP contribution in [-0.2, 0) is 21.4 Å². The van der Waals surface area contributed by atoms with Crippen molar-refractivity contribution in [3.63, 3.8) is 0 Å². The Kier molecular flexibility index (Phi) is 3.91. The van der Waals surface area contributed by atoms with Gasteiger partial charge in [0.1, 0.15) is 6.54 Å². The number of anilines is 1. The number of benzene rings is 1. The van der Waals surface area contributed by atoms with Crippen LogP contribution in [0.3, 0.4) is 0 Å². The van der Waals surface area contributed by atoms with Gasteiger partial charge in [-0.3, -0.25) is 4.79 Å². The minimum atomic E-state index is -3.80. The first-order valence-corrected chi connectivity index (χ1v) is 8.26. The van der Waals surface area contributed by atoms with E-state index in [0.717, 1.165) is 4.57 Å². The number of carbonyl (C=O) groups is 1. The minimum Gasteiger partial charge on any atom is -0.406 e. The second-order valence-corrected chi connectivity index (χ2v) is 6.46. The van der Waals surface area contributed by atoms with E-state index in [1.165, 1.54) is 30.5 Å². The van der Waals surface area contributed by atoms with Gasteiger partial charge in [-0.25, -0.2) is 27.9 Å². The lowest BCUT2D eigenvalue weighted by atomic mass is 10.3. The highest BCUT2D eigenvalue weighted by Gasteiger charge is 2.14. The summed E-state index contributed by atoms with van der Waals surface area (Å²) in [5.74, 6) is -1.18. The molecule has 0 saturated heterocycles. The third-order valence-electron chi connectivity index (χ3n) is 3.19. The Morgan fingerprint density at radius 1 is 1.25 bits per heavy atom. The highest BCUT2D eigenvalue weighted by Crippen LogP contribution is 2.13. The number of oxazole rings is 1. The first-order chi connectivity index (χ1) is 11.3. The normalized spacial score (nSPS) is 11.5. The van der Waals surface area contributed by atoms with Crippen molar-refractivity contribution in [2.45, 2.75) is 11.4 Å². The van der Waals surface area contributed by atoms with Crippen LogP contribution in [0.5, 0.6) is 0 Å². The van der Waals surface area contributed by atoms with Crippen LogP contribution in [0.4, 0.5) is 5.69 Å². The lowest BCUT2D eigenvalue weighted by molar-refractivity contribution is -0.116. The summed E-state index contributed by atoms with van der Waals surface area (Å²) >= 11 is 0. The maximum atomic E-state index is 12.1. The molecule has 10 heteroatoms. The van der Waals surface area contributed by atoms with Crippen LogP contribution in [0.2, 0.25) is 0 Å². The molecule has 3 rings (SSSR count). The molecule has 3 N–H and O–H groups in total. The van der Waals surface area contributed by atoms with E-state index in [0.29, 0.717) is 5.69 Å². The summed E-state index contributed by atoms with van der Waals surface area (Å²) in [7, 11) is -3.80. The maximum absolute atomic E-state index is 12.1. The number of fused-ring (bicyclic) bond motifs is 1. The molecular formula is C14H12N4O5S. The molecule has 124 valence electrons. The van der Waals surface area contributed by atoms with Crippen molar-refractivity contribution >= 4 is 32.8 Å². The molecule has 0 radical (unpaired) electrons. The van der Waals surface area contributed by atoms with Gasteiger partial charge in [0, 0.05) is 11.9 Å². The number of hydrogen-bond donors (Lipinski definition) is 2. The zero-order valence-electron chi connectivity index (χ0n) is 12.2. The average molecular weight is 348 g/mol. The van der Waals surface area contributed by atoms with Gasteiger partial charge in [-0.2, -0.15) is 0 Å². The van der Waals surface area contributed by atoms with Crippen molar-refractivity contribution in [3.8, 4) is 0 Å². The van der Waals surface area contributed by atoms with Gasteiger partial charge in [-0.15, -0.1) is 0 Å². The predicted octanol–water partition coefficient (Wildman–Crippen LogP) is 0.276. The van der Waals surface area contributed by atoms with E-state index in [4.69, 9.17) is 9.56 Å². The number of aromatic nitrogens is 2. The molecule has 0 aliphatic rings. The molecule has 0 unspecified atom stereocenters. The molecule has 2 heterocycles. The van der Waals surface area contributed by atoms with Crippen LogP contribution < -0.4 is 16.2 Å². The number of amides is 1. The number of sulfonamides is 1. The fraction of sp³-hybridized carbons (Fsp3) is 0.0714. The van der Waals surface area contributed by atoms with E-state index in [2.05, 4.69) is 10.3 Å². The predicted molar refractivity (Wildman–Crippen MR) is 84.7 cm³/mol. The number of nitrogens with two attached hydrogens (primary N) is 1. The summed E-state index contributed by atoms with van der Waals surface area (Å²) in [6.45, 7) is -0.292. The molecular weight excluding hydrogens is 336 g/mol. The van der Waals surface area contributed by atoms with Crippen LogP contribution in [0.25, 0.3) is 11.2 Å². The SMILES string of the molecule is NS(=O)(=O)c1ccc(NC(=O)Cn2c(=O)oc3cccnc32)cc1. The van der Waals surface area contributed by atoms with Crippen LogP contribution in [0.1, 0.15) is 0 Å². The van der Waals surface area contributed by atoms with Gasteiger partial charge >= 0.3 is 5.76 Å². The first kappa shape index (κ1) is 15.9. The van der Waals surface area contributed by atoms with Crippen LogP contribution in [0, 0.1) is 0 Å². The van der Waals surface area contributed by atoms with E-state index in [-0.39, 0.29) is 22.7 Å². The van der Waals surface area contributed by atoms with Crippen LogP contribution in [-0.4, -0.2) is 23.9 Å². The Balaban J connectivity index is 1.78. The summed E-state index contributed by atoms with van der Waals surface area (Å²) in [5, 5.41) is 7.54. The third kappa shape index (κ3) is 3.19. The number of nitrogens with one attached hydrogen (secondary N) is 1. The van der Waals surface area contributed by atoms with Gasteiger partial charge in [0.05, 0.1) is 4.90 Å². The zero-order chi connectivity index (χ0) is 17.3. The molecule has 24 heavy (non-hydrogen) atoms. The Hall–Kier alpha value is -2.98. The molecule has 0 atom stereocenters. The smallest absolute Gasteiger partial charge is 0.406 e. The number of pyridine rings is 1. The van der Waals surface area contributed by atoms with Crippen molar-refractivity contribution in [1.29, 1.82) is 0 Å². The molecule has 9 nitrogen and oxygen atoms in total. The second-order valence-electron chi connectivity index (χ2n) is 4.90. The van der Waals surface area contributed by atoms with E-state index < -0.39 is 21.7 Å². The Bertz CT molecular complexity index is 1070. The van der Waals surface area contributed by atoms with E-state index in [9.17, 15) is 18.0 Å². The Labute approximate surface area is 135 Å². The van der Waals surface area contributed by atoms with Crippen molar-refractivity contribution in [3.05, 3.63) is 53.1 Å². The van der Waals surface area contributed by atoms with Gasteiger partial charge in [0.2, 0.25) is 15.9 Å². The zero-order valence-corrected chi connectivity index (χ0v) is 13.0. The largest absolute Gasteiger partial charge is 0.421 e.